The number of carbonyl (C=O) groups excluding carboxylic acids is 1. The van der Waals surface area contributed by atoms with E-state index >= 15 is 0 Å². The maximum absolute atomic E-state index is 12.8. The van der Waals surface area contributed by atoms with E-state index in [4.69, 9.17) is 0 Å². The number of rotatable bonds is 3. The lowest BCUT2D eigenvalue weighted by molar-refractivity contribution is -0.0743. The fourth-order valence-electron chi connectivity index (χ4n) is 6.93. The summed E-state index contributed by atoms with van der Waals surface area (Å²) >= 11 is 0. The van der Waals surface area contributed by atoms with Crippen molar-refractivity contribution in [2.75, 3.05) is 26.2 Å². The van der Waals surface area contributed by atoms with Gasteiger partial charge in [-0.3, -0.25) is 14.8 Å². The predicted octanol–water partition coefficient (Wildman–Crippen LogP) is 2.87. The Morgan fingerprint density at radius 3 is 2.23 bits per heavy atom. The number of hydrogen-bond donors (Lipinski definition) is 1. The van der Waals surface area contributed by atoms with Crippen LogP contribution in [0, 0.1) is 23.7 Å². The van der Waals surface area contributed by atoms with E-state index in [9.17, 15) is 4.79 Å². The lowest BCUT2D eigenvalue weighted by Gasteiger charge is -2.58. The maximum Gasteiger partial charge on any atom is 0.274 e. The summed E-state index contributed by atoms with van der Waals surface area (Å²) in [6.45, 7) is 3.85. The summed E-state index contributed by atoms with van der Waals surface area (Å²) in [5.74, 6) is 4.71. The molecule has 0 aromatic carbocycles. The molecule has 5 saturated carbocycles. The van der Waals surface area contributed by atoms with Gasteiger partial charge in [-0.1, -0.05) is 0 Å². The number of amides is 1. The summed E-state index contributed by atoms with van der Waals surface area (Å²) in [6.07, 6.45) is 9.92. The van der Waals surface area contributed by atoms with Gasteiger partial charge in [0.2, 0.25) is 0 Å². The van der Waals surface area contributed by atoms with E-state index in [1.807, 2.05) is 11.0 Å². The molecule has 0 radical (unpaired) electrons. The molecule has 4 bridgehead atoms. The smallest absolute Gasteiger partial charge is 0.274 e. The summed E-state index contributed by atoms with van der Waals surface area (Å²) in [5.41, 5.74) is 1.77. The molecule has 1 aliphatic heterocycles. The van der Waals surface area contributed by atoms with Crippen LogP contribution in [-0.2, 0) is 0 Å². The van der Waals surface area contributed by atoms with Crippen LogP contribution in [0.4, 0.5) is 0 Å². The Kier molecular flexibility index (Phi) is 3.51. The number of carbonyl (C=O) groups is 1. The van der Waals surface area contributed by atoms with Gasteiger partial charge in [-0.15, -0.1) is 0 Å². The Morgan fingerprint density at radius 2 is 1.62 bits per heavy atom. The maximum atomic E-state index is 12.8. The Morgan fingerprint density at radius 1 is 0.962 bits per heavy atom. The first kappa shape index (κ1) is 15.7. The molecule has 140 valence electrons. The van der Waals surface area contributed by atoms with Crippen molar-refractivity contribution in [2.45, 2.75) is 56.9 Å². The number of H-pyrrole nitrogens is 1. The number of hydrogen-bond acceptors (Lipinski definition) is 3. The van der Waals surface area contributed by atoms with Gasteiger partial charge in [0.05, 0.1) is 0 Å². The molecule has 0 unspecified atom stereocenters. The summed E-state index contributed by atoms with van der Waals surface area (Å²) in [4.78, 5) is 17.6. The molecule has 5 aliphatic carbocycles. The molecule has 0 atom stereocenters. The third kappa shape index (κ3) is 2.54. The number of nitrogens with one attached hydrogen (secondary N) is 1. The molecule has 0 spiro atoms. The zero-order valence-corrected chi connectivity index (χ0v) is 15.6. The zero-order valence-electron chi connectivity index (χ0n) is 15.6. The van der Waals surface area contributed by atoms with Crippen LogP contribution in [0.25, 0.3) is 0 Å². The van der Waals surface area contributed by atoms with Gasteiger partial charge in [-0.05, 0) is 74.7 Å². The lowest BCUT2D eigenvalue weighted by atomic mass is 9.54. The first-order chi connectivity index (χ1) is 12.7. The minimum atomic E-state index is 0.123. The number of aromatic amines is 1. The molecular weight excluding hydrogens is 324 g/mol. The van der Waals surface area contributed by atoms with Crippen molar-refractivity contribution >= 4 is 5.91 Å². The minimum Gasteiger partial charge on any atom is -0.335 e. The van der Waals surface area contributed by atoms with Gasteiger partial charge in [0.15, 0.2) is 0 Å². The second-order valence-electron chi connectivity index (χ2n) is 9.73. The second-order valence-corrected chi connectivity index (χ2v) is 9.73. The van der Waals surface area contributed by atoms with Gasteiger partial charge < -0.3 is 4.90 Å². The van der Waals surface area contributed by atoms with Crippen molar-refractivity contribution in [3.05, 3.63) is 17.5 Å². The van der Waals surface area contributed by atoms with Crippen molar-refractivity contribution in [3.63, 3.8) is 0 Å². The van der Waals surface area contributed by atoms with Crippen molar-refractivity contribution < 1.29 is 4.79 Å². The molecule has 1 N–H and O–H groups in total. The standard InChI is InChI=1S/C21H30N4O/c26-21(19-12-18(22-23-19)15-1-2-15)25-5-3-24(4-6-25)20-16-8-13-7-14(10-16)11-17(20)9-13/h12-17,20H,1-11H2,(H,22,23). The summed E-state index contributed by atoms with van der Waals surface area (Å²) in [5, 5.41) is 7.37. The van der Waals surface area contributed by atoms with Gasteiger partial charge in [0.25, 0.3) is 5.91 Å². The highest BCUT2D eigenvalue weighted by atomic mass is 16.2. The number of aromatic nitrogens is 2. The van der Waals surface area contributed by atoms with Gasteiger partial charge in [0, 0.05) is 43.8 Å². The lowest BCUT2D eigenvalue weighted by Crippen LogP contribution is -2.60. The van der Waals surface area contributed by atoms with Gasteiger partial charge >= 0.3 is 0 Å². The largest absolute Gasteiger partial charge is 0.335 e. The van der Waals surface area contributed by atoms with Crippen LogP contribution in [0.15, 0.2) is 6.07 Å². The molecule has 6 aliphatic rings. The third-order valence-electron chi connectivity index (χ3n) is 8.03. The molecule has 5 nitrogen and oxygen atoms in total. The molecule has 1 aromatic heterocycles. The summed E-state index contributed by atoms with van der Waals surface area (Å²) in [7, 11) is 0. The van der Waals surface area contributed by atoms with E-state index in [0.717, 1.165) is 61.6 Å². The van der Waals surface area contributed by atoms with E-state index in [1.54, 1.807) is 0 Å². The van der Waals surface area contributed by atoms with Crippen LogP contribution in [0.1, 0.15) is 67.0 Å². The van der Waals surface area contributed by atoms with E-state index < -0.39 is 0 Å². The van der Waals surface area contributed by atoms with Crippen LogP contribution in [0.3, 0.4) is 0 Å². The third-order valence-corrected chi connectivity index (χ3v) is 8.03. The molecule has 6 fully saturated rings. The molecular formula is C21H30N4O. The van der Waals surface area contributed by atoms with E-state index in [2.05, 4.69) is 15.1 Å². The molecule has 26 heavy (non-hydrogen) atoms. The topological polar surface area (TPSA) is 52.2 Å². The zero-order chi connectivity index (χ0) is 17.3. The van der Waals surface area contributed by atoms with Gasteiger partial charge in [-0.2, -0.15) is 5.10 Å². The first-order valence-corrected chi connectivity index (χ1v) is 10.8. The highest BCUT2D eigenvalue weighted by Crippen LogP contribution is 2.55. The predicted molar refractivity (Wildman–Crippen MR) is 98.9 cm³/mol. The molecule has 1 amide bonds. The Bertz CT molecular complexity index is 673. The number of piperazine rings is 1. The highest BCUT2D eigenvalue weighted by Gasteiger charge is 2.50. The Hall–Kier alpha value is -1.36. The van der Waals surface area contributed by atoms with E-state index in [-0.39, 0.29) is 5.91 Å². The average Bonchev–Trinajstić information content (AvgIpc) is 3.38. The fraction of sp³-hybridized carbons (Fsp3) is 0.810. The molecule has 7 rings (SSSR count). The highest BCUT2D eigenvalue weighted by molar-refractivity contribution is 5.92. The van der Waals surface area contributed by atoms with Crippen LogP contribution in [0.5, 0.6) is 0 Å². The Balaban J connectivity index is 1.10. The first-order valence-electron chi connectivity index (χ1n) is 10.8. The van der Waals surface area contributed by atoms with Crippen molar-refractivity contribution in [1.82, 2.24) is 20.0 Å². The fourth-order valence-corrected chi connectivity index (χ4v) is 6.93. The normalized spacial score (nSPS) is 39.5. The monoisotopic (exact) mass is 354 g/mol. The summed E-state index contributed by atoms with van der Waals surface area (Å²) in [6, 6.07) is 2.80. The summed E-state index contributed by atoms with van der Waals surface area (Å²) < 4.78 is 0. The molecule has 5 heteroatoms. The average molecular weight is 354 g/mol. The molecule has 2 heterocycles. The van der Waals surface area contributed by atoms with Crippen LogP contribution in [0.2, 0.25) is 0 Å². The quantitative estimate of drug-likeness (QED) is 0.908. The van der Waals surface area contributed by atoms with Crippen LogP contribution >= 0.6 is 0 Å². The minimum absolute atomic E-state index is 0.123. The van der Waals surface area contributed by atoms with E-state index in [0.29, 0.717) is 11.6 Å². The van der Waals surface area contributed by atoms with Crippen molar-refractivity contribution in [2.24, 2.45) is 23.7 Å². The second kappa shape index (κ2) is 5.82. The van der Waals surface area contributed by atoms with Gasteiger partial charge in [-0.25, -0.2) is 0 Å². The molecule has 1 saturated heterocycles. The van der Waals surface area contributed by atoms with Crippen LogP contribution < -0.4 is 0 Å². The number of nitrogens with zero attached hydrogens (tertiary/aromatic N) is 3. The van der Waals surface area contributed by atoms with E-state index in [1.165, 1.54) is 44.9 Å². The SMILES string of the molecule is O=C(c1cc(C2CC2)[nH]n1)N1CCN(C2C3CC4CC(C3)CC2C4)CC1. The van der Waals surface area contributed by atoms with Crippen LogP contribution in [-0.4, -0.2) is 58.1 Å². The van der Waals surface area contributed by atoms with Crippen molar-refractivity contribution in [1.29, 1.82) is 0 Å². The molecule has 1 aromatic rings. The van der Waals surface area contributed by atoms with Gasteiger partial charge in [0.1, 0.15) is 5.69 Å². The Labute approximate surface area is 155 Å². The van der Waals surface area contributed by atoms with Crippen molar-refractivity contribution in [3.8, 4) is 0 Å².